The summed E-state index contributed by atoms with van der Waals surface area (Å²) in [5.41, 5.74) is 3.06. The number of hydrogen-bond donors (Lipinski definition) is 1. The van der Waals surface area contributed by atoms with E-state index in [1.165, 1.54) is 0 Å². The van der Waals surface area contributed by atoms with Gasteiger partial charge in [-0.3, -0.25) is 9.78 Å². The lowest BCUT2D eigenvalue weighted by Gasteiger charge is -2.20. The van der Waals surface area contributed by atoms with E-state index >= 15 is 0 Å². The average molecular weight is 267 g/mol. The van der Waals surface area contributed by atoms with E-state index < -0.39 is 0 Å². The van der Waals surface area contributed by atoms with E-state index in [1.54, 1.807) is 11.1 Å². The molecule has 102 valence electrons. The molecule has 1 N–H and O–H groups in total. The first-order chi connectivity index (χ1) is 9.75. The molecule has 4 heteroatoms. The molecule has 4 nitrogen and oxygen atoms in total. The predicted octanol–water partition coefficient (Wildman–Crippen LogP) is 2.25. The quantitative estimate of drug-likeness (QED) is 0.927. The number of hydrogen-bond acceptors (Lipinski definition) is 3. The molecule has 1 atom stereocenters. The summed E-state index contributed by atoms with van der Waals surface area (Å²) in [7, 11) is 1.83. The van der Waals surface area contributed by atoms with Crippen LogP contribution in [0.5, 0.6) is 0 Å². The van der Waals surface area contributed by atoms with Crippen molar-refractivity contribution in [2.24, 2.45) is 0 Å². The van der Waals surface area contributed by atoms with Gasteiger partial charge in [-0.05, 0) is 23.8 Å². The van der Waals surface area contributed by atoms with Crippen LogP contribution in [0.25, 0.3) is 0 Å². The molecule has 0 aliphatic carbocycles. The lowest BCUT2D eigenvalue weighted by molar-refractivity contribution is -0.131. The molecule has 0 saturated carbocycles. The summed E-state index contributed by atoms with van der Waals surface area (Å²) >= 11 is 0. The Kier molecular flexibility index (Phi) is 3.37. The summed E-state index contributed by atoms with van der Waals surface area (Å²) in [6.45, 7) is 1.21. The van der Waals surface area contributed by atoms with Crippen LogP contribution in [0.4, 0.5) is 5.69 Å². The molecule has 0 fully saturated rings. The Morgan fingerprint density at radius 1 is 1.30 bits per heavy atom. The van der Waals surface area contributed by atoms with Crippen molar-refractivity contribution in [3.8, 4) is 0 Å². The van der Waals surface area contributed by atoms with Crippen LogP contribution in [0.3, 0.4) is 0 Å². The van der Waals surface area contributed by atoms with Crippen molar-refractivity contribution in [3.63, 3.8) is 0 Å². The number of amides is 1. The molecule has 1 aliphatic heterocycles. The molecule has 3 rings (SSSR count). The van der Waals surface area contributed by atoms with Gasteiger partial charge >= 0.3 is 0 Å². The van der Waals surface area contributed by atoms with Crippen molar-refractivity contribution in [3.05, 3.63) is 59.9 Å². The summed E-state index contributed by atoms with van der Waals surface area (Å²) in [5, 5.41) is 3.29. The molecule has 0 bridgehead atoms. The Balaban J connectivity index is 1.74. The topological polar surface area (TPSA) is 45.2 Å². The number of aromatic nitrogens is 1. The SMILES string of the molecule is CN(Cc1ccccn1)C(=O)C1CNc2ccccc21. The summed E-state index contributed by atoms with van der Waals surface area (Å²) in [6.07, 6.45) is 1.75. The van der Waals surface area contributed by atoms with Crippen LogP contribution in [-0.4, -0.2) is 29.4 Å². The van der Waals surface area contributed by atoms with E-state index in [9.17, 15) is 4.79 Å². The predicted molar refractivity (Wildman–Crippen MR) is 78.4 cm³/mol. The third-order valence-electron chi connectivity index (χ3n) is 3.63. The molecule has 0 radical (unpaired) electrons. The zero-order chi connectivity index (χ0) is 13.9. The van der Waals surface area contributed by atoms with Crippen molar-refractivity contribution in [1.82, 2.24) is 9.88 Å². The summed E-state index contributed by atoms with van der Waals surface area (Å²) in [6, 6.07) is 13.7. The van der Waals surface area contributed by atoms with Gasteiger partial charge in [-0.2, -0.15) is 0 Å². The number of benzene rings is 1. The van der Waals surface area contributed by atoms with Gasteiger partial charge in [0.05, 0.1) is 18.2 Å². The van der Waals surface area contributed by atoms with Crippen LogP contribution in [0.2, 0.25) is 0 Å². The second-order valence-electron chi connectivity index (χ2n) is 5.04. The maximum absolute atomic E-state index is 12.6. The highest BCUT2D eigenvalue weighted by atomic mass is 16.2. The van der Waals surface area contributed by atoms with E-state index in [1.807, 2.05) is 49.5 Å². The zero-order valence-electron chi connectivity index (χ0n) is 11.4. The van der Waals surface area contributed by atoms with Crippen LogP contribution >= 0.6 is 0 Å². The summed E-state index contributed by atoms with van der Waals surface area (Å²) < 4.78 is 0. The summed E-state index contributed by atoms with van der Waals surface area (Å²) in [4.78, 5) is 18.6. The number of fused-ring (bicyclic) bond motifs is 1. The fraction of sp³-hybridized carbons (Fsp3) is 0.250. The van der Waals surface area contributed by atoms with Crippen LogP contribution in [-0.2, 0) is 11.3 Å². The number of anilines is 1. The van der Waals surface area contributed by atoms with Crippen LogP contribution < -0.4 is 5.32 Å². The Morgan fingerprint density at radius 2 is 2.10 bits per heavy atom. The Labute approximate surface area is 118 Å². The van der Waals surface area contributed by atoms with Crippen LogP contribution in [0, 0.1) is 0 Å². The highest BCUT2D eigenvalue weighted by molar-refractivity contribution is 5.88. The number of nitrogens with zero attached hydrogens (tertiary/aromatic N) is 2. The molecule has 1 unspecified atom stereocenters. The molecular weight excluding hydrogens is 250 g/mol. The average Bonchev–Trinajstić information content (AvgIpc) is 2.91. The largest absolute Gasteiger partial charge is 0.384 e. The smallest absolute Gasteiger partial charge is 0.232 e. The molecule has 1 aromatic carbocycles. The maximum atomic E-state index is 12.6. The minimum atomic E-state index is -0.0973. The fourth-order valence-electron chi connectivity index (χ4n) is 2.58. The van der Waals surface area contributed by atoms with E-state index in [0.29, 0.717) is 13.1 Å². The van der Waals surface area contributed by atoms with Gasteiger partial charge in [0, 0.05) is 25.5 Å². The number of pyridine rings is 1. The third-order valence-corrected chi connectivity index (χ3v) is 3.63. The normalized spacial score (nSPS) is 16.4. The molecule has 1 amide bonds. The van der Waals surface area contributed by atoms with Crippen molar-refractivity contribution < 1.29 is 4.79 Å². The Morgan fingerprint density at radius 3 is 2.90 bits per heavy atom. The van der Waals surface area contributed by atoms with Crippen molar-refractivity contribution in [1.29, 1.82) is 0 Å². The third kappa shape index (κ3) is 2.37. The molecule has 0 saturated heterocycles. The maximum Gasteiger partial charge on any atom is 0.232 e. The Hall–Kier alpha value is -2.36. The number of nitrogens with one attached hydrogen (secondary N) is 1. The minimum absolute atomic E-state index is 0.0973. The lowest BCUT2D eigenvalue weighted by Crippen LogP contribution is -2.32. The van der Waals surface area contributed by atoms with Crippen molar-refractivity contribution in [2.45, 2.75) is 12.5 Å². The number of likely N-dealkylation sites (N-methyl/N-ethyl adjacent to an activating group) is 1. The number of para-hydroxylation sites is 1. The first kappa shape index (κ1) is 12.7. The number of carbonyl (C=O) groups excluding carboxylic acids is 1. The van der Waals surface area contributed by atoms with Gasteiger partial charge < -0.3 is 10.2 Å². The van der Waals surface area contributed by atoms with Gasteiger partial charge in [0.1, 0.15) is 0 Å². The second-order valence-corrected chi connectivity index (χ2v) is 5.04. The highest BCUT2D eigenvalue weighted by Gasteiger charge is 2.30. The number of carbonyl (C=O) groups is 1. The lowest BCUT2D eigenvalue weighted by atomic mass is 10.00. The van der Waals surface area contributed by atoms with Gasteiger partial charge in [0.15, 0.2) is 0 Å². The first-order valence-electron chi connectivity index (χ1n) is 6.73. The van der Waals surface area contributed by atoms with Crippen LogP contribution in [0.1, 0.15) is 17.2 Å². The van der Waals surface area contributed by atoms with Gasteiger partial charge in [0.25, 0.3) is 0 Å². The van der Waals surface area contributed by atoms with E-state index in [2.05, 4.69) is 10.3 Å². The van der Waals surface area contributed by atoms with Crippen molar-refractivity contribution >= 4 is 11.6 Å². The van der Waals surface area contributed by atoms with E-state index in [4.69, 9.17) is 0 Å². The van der Waals surface area contributed by atoms with Crippen molar-refractivity contribution in [2.75, 3.05) is 18.9 Å². The highest BCUT2D eigenvalue weighted by Crippen LogP contribution is 2.32. The summed E-state index contributed by atoms with van der Waals surface area (Å²) in [5.74, 6) is 0.0352. The molecule has 2 aromatic rings. The monoisotopic (exact) mass is 267 g/mol. The molecule has 1 aromatic heterocycles. The first-order valence-corrected chi connectivity index (χ1v) is 6.73. The van der Waals surface area contributed by atoms with Gasteiger partial charge in [0.2, 0.25) is 5.91 Å². The Bertz CT molecular complexity index is 612. The molecule has 2 heterocycles. The second kappa shape index (κ2) is 5.33. The molecular formula is C16H17N3O. The van der Waals surface area contributed by atoms with Gasteiger partial charge in [-0.25, -0.2) is 0 Å². The fourth-order valence-corrected chi connectivity index (χ4v) is 2.58. The van der Waals surface area contributed by atoms with E-state index in [0.717, 1.165) is 16.9 Å². The van der Waals surface area contributed by atoms with Gasteiger partial charge in [-0.15, -0.1) is 0 Å². The minimum Gasteiger partial charge on any atom is -0.384 e. The van der Waals surface area contributed by atoms with Gasteiger partial charge in [-0.1, -0.05) is 24.3 Å². The standard InChI is InChI=1S/C16H17N3O/c1-19(11-12-6-4-5-9-17-12)16(20)14-10-18-15-8-3-2-7-13(14)15/h2-9,14,18H,10-11H2,1H3. The molecule has 20 heavy (non-hydrogen) atoms. The molecule has 0 spiro atoms. The van der Waals surface area contributed by atoms with Crippen LogP contribution in [0.15, 0.2) is 48.7 Å². The van der Waals surface area contributed by atoms with E-state index in [-0.39, 0.29) is 11.8 Å². The zero-order valence-corrected chi connectivity index (χ0v) is 11.4. The number of rotatable bonds is 3. The molecule has 1 aliphatic rings.